The summed E-state index contributed by atoms with van der Waals surface area (Å²) in [6.07, 6.45) is 1.57. The second kappa shape index (κ2) is 8.57. The zero-order chi connectivity index (χ0) is 17.4. The maximum atomic E-state index is 11.7. The Bertz CT molecular complexity index is 711. The third-order valence-corrected chi connectivity index (χ3v) is 3.25. The van der Waals surface area contributed by atoms with E-state index in [9.17, 15) is 4.79 Å². The first-order valence-electron chi connectivity index (χ1n) is 7.36. The molecule has 0 aliphatic heterocycles. The number of hydrogen-bond acceptors (Lipinski definition) is 5. The quantitative estimate of drug-likeness (QED) is 0.626. The fourth-order valence-corrected chi connectivity index (χ4v) is 2.01. The molecule has 6 nitrogen and oxygen atoms in total. The van der Waals surface area contributed by atoms with Crippen LogP contribution in [-0.2, 0) is 4.79 Å². The van der Waals surface area contributed by atoms with Crippen molar-refractivity contribution in [1.82, 2.24) is 5.43 Å². The van der Waals surface area contributed by atoms with Crippen molar-refractivity contribution < 1.29 is 19.0 Å². The van der Waals surface area contributed by atoms with Gasteiger partial charge in [0.2, 0.25) is 0 Å². The topological polar surface area (TPSA) is 69.2 Å². The highest BCUT2D eigenvalue weighted by Crippen LogP contribution is 2.18. The first-order chi connectivity index (χ1) is 11.6. The molecule has 0 saturated heterocycles. The highest BCUT2D eigenvalue weighted by molar-refractivity contribution is 5.83. The monoisotopic (exact) mass is 328 g/mol. The molecule has 0 saturated carbocycles. The Morgan fingerprint density at radius 1 is 1.08 bits per heavy atom. The molecule has 0 atom stereocenters. The van der Waals surface area contributed by atoms with E-state index in [0.29, 0.717) is 5.75 Å². The molecule has 24 heavy (non-hydrogen) atoms. The lowest BCUT2D eigenvalue weighted by molar-refractivity contribution is -0.123. The first kappa shape index (κ1) is 17.3. The predicted molar refractivity (Wildman–Crippen MR) is 92.0 cm³/mol. The Labute approximate surface area is 141 Å². The Morgan fingerprint density at radius 3 is 2.42 bits per heavy atom. The van der Waals surface area contributed by atoms with Crippen LogP contribution in [0.1, 0.15) is 11.1 Å². The number of benzene rings is 2. The number of carbonyl (C=O) groups is 1. The molecule has 0 unspecified atom stereocenters. The van der Waals surface area contributed by atoms with Crippen LogP contribution in [0.4, 0.5) is 0 Å². The van der Waals surface area contributed by atoms with E-state index in [2.05, 4.69) is 10.5 Å². The number of hydrazone groups is 1. The number of amides is 1. The molecule has 0 aliphatic rings. The van der Waals surface area contributed by atoms with Crippen LogP contribution in [0.2, 0.25) is 0 Å². The number of hydrogen-bond donors (Lipinski definition) is 1. The van der Waals surface area contributed by atoms with Crippen molar-refractivity contribution in [3.63, 3.8) is 0 Å². The van der Waals surface area contributed by atoms with Gasteiger partial charge >= 0.3 is 0 Å². The van der Waals surface area contributed by atoms with Crippen molar-refractivity contribution in [2.24, 2.45) is 5.10 Å². The van der Waals surface area contributed by atoms with E-state index in [4.69, 9.17) is 14.2 Å². The highest BCUT2D eigenvalue weighted by atomic mass is 16.5. The Hall–Kier alpha value is -3.02. The van der Waals surface area contributed by atoms with Crippen molar-refractivity contribution in [3.05, 3.63) is 53.6 Å². The molecule has 0 aromatic heterocycles. The summed E-state index contributed by atoms with van der Waals surface area (Å²) < 4.78 is 15.6. The molecule has 2 rings (SSSR count). The lowest BCUT2D eigenvalue weighted by Crippen LogP contribution is -2.24. The van der Waals surface area contributed by atoms with E-state index in [1.165, 1.54) is 0 Å². The zero-order valence-electron chi connectivity index (χ0n) is 13.9. The SMILES string of the molecule is COc1ccc(OCC(=O)NN=Cc2ccc(OC)c(C)c2)cc1. The van der Waals surface area contributed by atoms with Gasteiger partial charge in [-0.05, 0) is 60.5 Å². The molecule has 2 aromatic carbocycles. The summed E-state index contributed by atoms with van der Waals surface area (Å²) in [6.45, 7) is 1.82. The predicted octanol–water partition coefficient (Wildman–Crippen LogP) is 2.54. The van der Waals surface area contributed by atoms with Gasteiger partial charge in [0.1, 0.15) is 17.2 Å². The van der Waals surface area contributed by atoms with Crippen LogP contribution in [0.3, 0.4) is 0 Å². The number of rotatable bonds is 7. The van der Waals surface area contributed by atoms with Crippen LogP contribution in [0.15, 0.2) is 47.6 Å². The smallest absolute Gasteiger partial charge is 0.277 e. The van der Waals surface area contributed by atoms with Crippen LogP contribution >= 0.6 is 0 Å². The van der Waals surface area contributed by atoms with Gasteiger partial charge in [0, 0.05) is 0 Å². The summed E-state index contributed by atoms with van der Waals surface area (Å²) in [5.74, 6) is 1.78. The maximum absolute atomic E-state index is 11.7. The summed E-state index contributed by atoms with van der Waals surface area (Å²) in [4.78, 5) is 11.7. The van der Waals surface area contributed by atoms with E-state index < -0.39 is 0 Å². The van der Waals surface area contributed by atoms with Crippen LogP contribution in [-0.4, -0.2) is 32.9 Å². The van der Waals surface area contributed by atoms with Gasteiger partial charge in [-0.1, -0.05) is 0 Å². The normalized spacial score (nSPS) is 10.5. The van der Waals surface area contributed by atoms with Crippen molar-refractivity contribution in [2.75, 3.05) is 20.8 Å². The number of nitrogens with one attached hydrogen (secondary N) is 1. The second-order valence-corrected chi connectivity index (χ2v) is 4.99. The van der Waals surface area contributed by atoms with E-state index in [0.717, 1.165) is 22.6 Å². The number of ether oxygens (including phenoxy) is 3. The van der Waals surface area contributed by atoms with E-state index in [1.54, 1.807) is 44.7 Å². The number of aryl methyl sites for hydroxylation is 1. The molecule has 0 fully saturated rings. The van der Waals surface area contributed by atoms with Gasteiger partial charge in [-0.3, -0.25) is 4.79 Å². The molecule has 0 heterocycles. The molecule has 0 bridgehead atoms. The zero-order valence-corrected chi connectivity index (χ0v) is 13.9. The van der Waals surface area contributed by atoms with Crippen molar-refractivity contribution in [3.8, 4) is 17.2 Å². The number of carbonyl (C=O) groups excluding carboxylic acids is 1. The summed E-state index contributed by atoms with van der Waals surface area (Å²) in [5.41, 5.74) is 4.28. The first-order valence-corrected chi connectivity index (χ1v) is 7.36. The molecule has 0 spiro atoms. The summed E-state index contributed by atoms with van der Waals surface area (Å²) >= 11 is 0. The van der Waals surface area contributed by atoms with Gasteiger partial charge in [-0.25, -0.2) is 5.43 Å². The summed E-state index contributed by atoms with van der Waals surface area (Å²) in [6, 6.07) is 12.6. The van der Waals surface area contributed by atoms with Crippen molar-refractivity contribution in [2.45, 2.75) is 6.92 Å². The van der Waals surface area contributed by atoms with Crippen LogP contribution in [0.5, 0.6) is 17.2 Å². The third kappa shape index (κ3) is 5.01. The molecule has 0 aliphatic carbocycles. The van der Waals surface area contributed by atoms with Gasteiger partial charge < -0.3 is 14.2 Å². The fraction of sp³-hybridized carbons (Fsp3) is 0.222. The molecule has 0 radical (unpaired) electrons. The second-order valence-electron chi connectivity index (χ2n) is 4.99. The van der Waals surface area contributed by atoms with Gasteiger partial charge in [0.05, 0.1) is 20.4 Å². The largest absolute Gasteiger partial charge is 0.497 e. The minimum absolute atomic E-state index is 0.120. The molecule has 2 aromatic rings. The lowest BCUT2D eigenvalue weighted by atomic mass is 10.1. The third-order valence-electron chi connectivity index (χ3n) is 3.25. The van der Waals surface area contributed by atoms with Gasteiger partial charge in [-0.15, -0.1) is 0 Å². The summed E-state index contributed by atoms with van der Waals surface area (Å²) in [5, 5.41) is 3.91. The molecular weight excluding hydrogens is 308 g/mol. The Balaban J connectivity index is 1.80. The average Bonchev–Trinajstić information content (AvgIpc) is 2.60. The molecular formula is C18H20N2O4. The average molecular weight is 328 g/mol. The summed E-state index contributed by atoms with van der Waals surface area (Å²) in [7, 11) is 3.21. The minimum Gasteiger partial charge on any atom is -0.497 e. The fourth-order valence-electron chi connectivity index (χ4n) is 2.01. The van der Waals surface area contributed by atoms with E-state index in [-0.39, 0.29) is 12.5 Å². The lowest BCUT2D eigenvalue weighted by Gasteiger charge is -2.06. The van der Waals surface area contributed by atoms with Crippen molar-refractivity contribution in [1.29, 1.82) is 0 Å². The van der Waals surface area contributed by atoms with E-state index in [1.807, 2.05) is 25.1 Å². The molecule has 126 valence electrons. The van der Waals surface area contributed by atoms with E-state index >= 15 is 0 Å². The standard InChI is InChI=1S/C18H20N2O4/c1-13-10-14(4-9-17(13)23-3)11-19-20-18(21)12-24-16-7-5-15(22-2)6-8-16/h4-11H,12H2,1-3H3,(H,20,21). The molecule has 1 N–H and O–H groups in total. The highest BCUT2D eigenvalue weighted by Gasteiger charge is 2.02. The Kier molecular flexibility index (Phi) is 6.19. The molecule has 6 heteroatoms. The van der Waals surface area contributed by atoms with Gasteiger partial charge in [-0.2, -0.15) is 5.10 Å². The number of methoxy groups -OCH3 is 2. The van der Waals surface area contributed by atoms with Gasteiger partial charge in [0.15, 0.2) is 6.61 Å². The number of nitrogens with zero attached hydrogens (tertiary/aromatic N) is 1. The van der Waals surface area contributed by atoms with Crippen LogP contribution in [0.25, 0.3) is 0 Å². The van der Waals surface area contributed by atoms with Crippen LogP contribution in [0, 0.1) is 6.92 Å². The minimum atomic E-state index is -0.340. The molecule has 1 amide bonds. The maximum Gasteiger partial charge on any atom is 0.277 e. The van der Waals surface area contributed by atoms with Gasteiger partial charge in [0.25, 0.3) is 5.91 Å². The van der Waals surface area contributed by atoms with Crippen molar-refractivity contribution >= 4 is 12.1 Å². The Morgan fingerprint density at radius 2 is 1.79 bits per heavy atom. The van der Waals surface area contributed by atoms with Crippen LogP contribution < -0.4 is 19.6 Å².